The number of halogens is 1. The van der Waals surface area contributed by atoms with E-state index in [9.17, 15) is 18.0 Å². The Morgan fingerprint density at radius 1 is 0.523 bits per heavy atom. The Labute approximate surface area is 537 Å². The molecular weight excluding hydrogens is 1290 g/mol. The predicted molar refractivity (Wildman–Crippen MR) is 346 cm³/mol. The lowest BCUT2D eigenvalue weighted by molar-refractivity contribution is -0.374. The molecule has 0 aliphatic carbocycles. The number of benzene rings is 4. The zero-order valence-electron chi connectivity index (χ0n) is 53.4. The fraction of sp³-hybridized carbons (Fsp3) is 0.606. The Bertz CT molecular complexity index is 2870. The Balaban J connectivity index is 1.25. The van der Waals surface area contributed by atoms with Gasteiger partial charge in [0.05, 0.1) is 48.0 Å². The summed E-state index contributed by atoms with van der Waals surface area (Å²) >= 11 is 2.09. The summed E-state index contributed by atoms with van der Waals surface area (Å²) < 4.78 is 120. The maximum Gasteiger partial charge on any atom is 0.509 e. The summed E-state index contributed by atoms with van der Waals surface area (Å²) in [7, 11) is -9.54. The summed E-state index contributed by atoms with van der Waals surface area (Å²) in [5.41, 5.74) is 3.72. The van der Waals surface area contributed by atoms with Crippen LogP contribution in [0.15, 0.2) is 126 Å². The Hall–Kier alpha value is -3.71. The van der Waals surface area contributed by atoms with E-state index in [1.807, 2.05) is 97.9 Å². The van der Waals surface area contributed by atoms with Crippen LogP contribution >= 0.6 is 22.6 Å². The van der Waals surface area contributed by atoms with Gasteiger partial charge in [-0.2, -0.15) is 4.72 Å². The highest BCUT2D eigenvalue weighted by Crippen LogP contribution is 2.46. The number of fused-ring (bicyclic) bond motifs is 1. The maximum absolute atomic E-state index is 14.4. The molecule has 4 aliphatic heterocycles. The van der Waals surface area contributed by atoms with Gasteiger partial charge < -0.3 is 61.0 Å². The fourth-order valence-electron chi connectivity index (χ4n) is 14.0. The van der Waals surface area contributed by atoms with E-state index in [2.05, 4.69) is 110 Å². The summed E-state index contributed by atoms with van der Waals surface area (Å²) in [6.07, 6.45) is -16.6. The SMILES string of the molecule is CC(=O)O[C@H]1C(CO[Si](C(C)C)(C(C)C)C(C)C)O[C@H](NS(=O)(=O)c2ccccc2)C(I)C1O[C@@H]1OC(CO[Si](C(C)C)(C(C)C)C(C)C)[C@@H]2OC(=O)OC2C1O[C@@H]1OC(C)[C@H](OCc2ccccc2)C(OCc2ccccc2)C1OCc1ccccc1. The number of hydrogen-bond donors (Lipinski definition) is 1. The highest BCUT2D eigenvalue weighted by Gasteiger charge is 2.61. The Morgan fingerprint density at radius 3 is 1.40 bits per heavy atom. The topological polar surface area (TPSA) is 200 Å². The Morgan fingerprint density at radius 2 is 0.932 bits per heavy atom. The van der Waals surface area contributed by atoms with Crippen molar-refractivity contribution in [1.29, 1.82) is 0 Å². The molecule has 0 radical (unpaired) electrons. The molecule has 0 spiro atoms. The first kappa shape index (κ1) is 70.2. The molecule has 18 nitrogen and oxygen atoms in total. The van der Waals surface area contributed by atoms with Crippen LogP contribution in [0.4, 0.5) is 4.79 Å². The minimum absolute atomic E-state index is 0.00904. The summed E-state index contributed by atoms with van der Waals surface area (Å²) in [6.45, 7) is 29.7. The molecule has 22 heteroatoms. The molecule has 4 fully saturated rings. The van der Waals surface area contributed by atoms with Crippen molar-refractivity contribution in [3.8, 4) is 0 Å². The smallest absolute Gasteiger partial charge is 0.457 e. The lowest BCUT2D eigenvalue weighted by Gasteiger charge is -2.50. The van der Waals surface area contributed by atoms with E-state index in [0.717, 1.165) is 16.7 Å². The van der Waals surface area contributed by atoms with E-state index in [1.54, 1.807) is 18.2 Å². The highest BCUT2D eigenvalue weighted by atomic mass is 127. The van der Waals surface area contributed by atoms with Gasteiger partial charge in [-0.3, -0.25) is 4.79 Å². The third-order valence-corrected chi connectivity index (χ3v) is 32.8. The second-order valence-corrected chi connectivity index (χ2v) is 39.5. The van der Waals surface area contributed by atoms with Crippen LogP contribution in [0.2, 0.25) is 33.2 Å². The molecule has 0 amide bonds. The van der Waals surface area contributed by atoms with Crippen molar-refractivity contribution in [3.05, 3.63) is 138 Å². The van der Waals surface area contributed by atoms with Crippen LogP contribution in [-0.4, -0.2) is 140 Å². The maximum atomic E-state index is 14.4. The molecule has 9 unspecified atom stereocenters. The van der Waals surface area contributed by atoms with Crippen LogP contribution in [-0.2, 0) is 95.6 Å². The highest BCUT2D eigenvalue weighted by molar-refractivity contribution is 14.1. The molecule has 4 heterocycles. The van der Waals surface area contributed by atoms with Gasteiger partial charge in [-0.05, 0) is 69.0 Å². The second kappa shape index (κ2) is 31.3. The normalized spacial score (nSPS) is 28.8. The number of carbonyl (C=O) groups is 2. The van der Waals surface area contributed by atoms with E-state index in [0.29, 0.717) is 0 Å². The third-order valence-electron chi connectivity index (χ3n) is 17.9. The molecule has 8 rings (SSSR count). The van der Waals surface area contributed by atoms with Gasteiger partial charge in [0, 0.05) is 6.92 Å². The van der Waals surface area contributed by atoms with Crippen molar-refractivity contribution in [3.63, 3.8) is 0 Å². The largest absolute Gasteiger partial charge is 0.509 e. The number of alkyl halides is 1. The van der Waals surface area contributed by atoms with Crippen LogP contribution in [0.25, 0.3) is 0 Å². The standard InChI is InChI=1S/C66H94INO17SSi2/c1-40(2)87(41(3)4,42(5)6)76-38-52-56(79-47(14)69)58(54(67)63(80-52)68-86(71,72)51-33-25-18-26-34-51)82-65-62(60-57(84-66(70)85-60)53(81-65)39-77-88(43(7)8,44(9)10)45(11)12)83-64-61(75-37-50-31-23-17-24-32-50)59(74-36-49-29-21-16-22-30-49)55(46(13)78-64)73-35-48-27-19-15-20-28-48/h15-34,40-46,52-65,68H,35-39H2,1-14H3/t46?,52?,53?,54?,55-,56-,57-,58?,59?,60?,61?,62?,63-,64-,65-/m0/s1. The third kappa shape index (κ3) is 16.4. The number of esters is 1. The summed E-state index contributed by atoms with van der Waals surface area (Å²) in [6, 6.07) is 37.3. The molecule has 4 saturated heterocycles. The minimum Gasteiger partial charge on any atom is -0.457 e. The quantitative estimate of drug-likeness (QED) is 0.0233. The summed E-state index contributed by atoms with van der Waals surface area (Å²) in [4.78, 5) is 27.5. The zero-order chi connectivity index (χ0) is 63.7. The van der Waals surface area contributed by atoms with Crippen molar-refractivity contribution in [1.82, 2.24) is 4.72 Å². The molecule has 486 valence electrons. The number of nitrogens with one attached hydrogen (secondary N) is 1. The molecule has 0 saturated carbocycles. The lowest BCUT2D eigenvalue weighted by Crippen LogP contribution is -2.68. The monoisotopic (exact) mass is 1390 g/mol. The Kier molecular flexibility index (Phi) is 24.9. The van der Waals surface area contributed by atoms with Gasteiger partial charge in [0.2, 0.25) is 10.0 Å². The molecule has 1 N–H and O–H groups in total. The van der Waals surface area contributed by atoms with Crippen LogP contribution < -0.4 is 4.72 Å². The van der Waals surface area contributed by atoms with Gasteiger partial charge >= 0.3 is 12.1 Å². The van der Waals surface area contributed by atoms with Crippen LogP contribution in [0.1, 0.15) is 114 Å². The molecule has 4 aliphatic rings. The van der Waals surface area contributed by atoms with Gasteiger partial charge in [-0.15, -0.1) is 0 Å². The number of hydrogen-bond acceptors (Lipinski definition) is 17. The van der Waals surface area contributed by atoms with Gasteiger partial charge in [0.25, 0.3) is 0 Å². The van der Waals surface area contributed by atoms with E-state index in [-0.39, 0.29) is 71.2 Å². The van der Waals surface area contributed by atoms with E-state index < -0.39 is 129 Å². The number of sulfonamides is 1. The van der Waals surface area contributed by atoms with Crippen LogP contribution in [0.5, 0.6) is 0 Å². The molecule has 88 heavy (non-hydrogen) atoms. The van der Waals surface area contributed by atoms with Crippen molar-refractivity contribution in [2.24, 2.45) is 0 Å². The van der Waals surface area contributed by atoms with Crippen molar-refractivity contribution in [2.45, 2.75) is 245 Å². The van der Waals surface area contributed by atoms with E-state index in [1.165, 1.54) is 19.1 Å². The average molecular weight is 1390 g/mol. The molecule has 0 bridgehead atoms. The summed E-state index contributed by atoms with van der Waals surface area (Å²) in [5.74, 6) is -0.646. The average Bonchev–Trinajstić information content (AvgIpc) is 3.08. The van der Waals surface area contributed by atoms with E-state index in [4.69, 9.17) is 61.0 Å². The van der Waals surface area contributed by atoms with Crippen LogP contribution in [0.3, 0.4) is 0 Å². The van der Waals surface area contributed by atoms with Crippen LogP contribution in [0, 0.1) is 0 Å². The molecule has 15 atom stereocenters. The number of rotatable bonds is 29. The predicted octanol–water partition coefficient (Wildman–Crippen LogP) is 12.7. The molecule has 4 aromatic rings. The van der Waals surface area contributed by atoms with Gasteiger partial charge in [-0.1, -0.05) is 215 Å². The van der Waals surface area contributed by atoms with E-state index >= 15 is 0 Å². The second-order valence-electron chi connectivity index (χ2n) is 25.5. The van der Waals surface area contributed by atoms with Gasteiger partial charge in [0.15, 0.2) is 53.6 Å². The first-order chi connectivity index (χ1) is 41.9. The fourth-order valence-corrected chi connectivity index (χ4v) is 27.2. The number of carbonyl (C=O) groups excluding carboxylic acids is 2. The zero-order valence-corrected chi connectivity index (χ0v) is 58.4. The van der Waals surface area contributed by atoms with Gasteiger partial charge in [0.1, 0.15) is 42.9 Å². The first-order valence-corrected chi connectivity index (χ1v) is 38.2. The lowest BCUT2D eigenvalue weighted by atomic mass is 9.96. The summed E-state index contributed by atoms with van der Waals surface area (Å²) in [5, 5.41) is 0. The van der Waals surface area contributed by atoms with Crippen molar-refractivity contribution >= 4 is 61.4 Å². The van der Waals surface area contributed by atoms with Crippen molar-refractivity contribution in [2.75, 3.05) is 13.2 Å². The molecule has 0 aromatic heterocycles. The van der Waals surface area contributed by atoms with Gasteiger partial charge in [-0.25, -0.2) is 13.2 Å². The molecule has 4 aromatic carbocycles. The minimum atomic E-state index is -4.26. The first-order valence-electron chi connectivity index (χ1n) is 31.1. The van der Waals surface area contributed by atoms with Crippen molar-refractivity contribution < 1.29 is 79.0 Å². The number of ether oxygens (including phenoxy) is 11. The molecular formula is C66H94INO17SSi2.